The summed E-state index contributed by atoms with van der Waals surface area (Å²) in [6.45, 7) is 1.96. The van der Waals surface area contributed by atoms with Crippen LogP contribution in [-0.2, 0) is 9.59 Å². The topological polar surface area (TPSA) is 98.7 Å². The van der Waals surface area contributed by atoms with Crippen LogP contribution in [0.25, 0.3) is 10.8 Å². The van der Waals surface area contributed by atoms with Gasteiger partial charge in [0.05, 0.1) is 0 Å². The Balaban J connectivity index is 1.33. The van der Waals surface area contributed by atoms with Gasteiger partial charge in [-0.15, -0.1) is 0 Å². The van der Waals surface area contributed by atoms with Gasteiger partial charge in [-0.2, -0.15) is 0 Å². The van der Waals surface area contributed by atoms with E-state index in [0.29, 0.717) is 23.5 Å². The molecule has 186 valence electrons. The molecule has 0 saturated heterocycles. The number of hydrogen-bond donors (Lipinski definition) is 4. The van der Waals surface area contributed by atoms with Gasteiger partial charge in [0.2, 0.25) is 0 Å². The number of nitrogens with one attached hydrogen (secondary N) is 2. The molecule has 0 bridgehead atoms. The first-order valence-corrected chi connectivity index (χ1v) is 12.7. The lowest BCUT2D eigenvalue weighted by atomic mass is 9.74. The first-order chi connectivity index (χ1) is 17.0. The molecule has 2 aromatic rings. The maximum Gasteiger partial charge on any atom is 0.326 e. The third-order valence-corrected chi connectivity index (χ3v) is 7.51. The highest BCUT2D eigenvalue weighted by Crippen LogP contribution is 2.36. The second-order valence-corrected chi connectivity index (χ2v) is 9.88. The number of carboxylic acid groups (broad SMARTS) is 1. The SMILES string of the molecule is C[C@@H](N[C@H]1CCC[C@H](C2C=CC(C(=O)N[C@H](CCO)C(=O)O)=CC2)C1)c1cccc2ccccc12. The van der Waals surface area contributed by atoms with Crippen LogP contribution in [0.3, 0.4) is 0 Å². The van der Waals surface area contributed by atoms with E-state index in [0.717, 1.165) is 12.8 Å². The number of rotatable bonds is 9. The quantitative estimate of drug-likeness (QED) is 0.427. The van der Waals surface area contributed by atoms with Crippen LogP contribution in [0.15, 0.2) is 66.3 Å². The average molecular weight is 477 g/mol. The zero-order valence-corrected chi connectivity index (χ0v) is 20.3. The second-order valence-electron chi connectivity index (χ2n) is 9.88. The summed E-state index contributed by atoms with van der Waals surface area (Å²) in [6.07, 6.45) is 11.3. The molecule has 0 aromatic heterocycles. The van der Waals surface area contributed by atoms with Crippen molar-refractivity contribution in [2.45, 2.75) is 63.6 Å². The van der Waals surface area contributed by atoms with Crippen LogP contribution in [0.2, 0.25) is 0 Å². The molecule has 1 fully saturated rings. The average Bonchev–Trinajstić information content (AvgIpc) is 2.88. The maximum atomic E-state index is 12.5. The molecule has 0 radical (unpaired) electrons. The molecule has 2 aliphatic rings. The third-order valence-electron chi connectivity index (χ3n) is 7.51. The second kappa shape index (κ2) is 11.6. The summed E-state index contributed by atoms with van der Waals surface area (Å²) >= 11 is 0. The normalized spacial score (nSPS) is 23.9. The molecule has 0 heterocycles. The van der Waals surface area contributed by atoms with E-state index in [4.69, 9.17) is 5.11 Å². The van der Waals surface area contributed by atoms with Crippen molar-refractivity contribution in [2.75, 3.05) is 6.61 Å². The van der Waals surface area contributed by atoms with Crippen LogP contribution < -0.4 is 10.6 Å². The number of aliphatic hydroxyl groups excluding tert-OH is 1. The van der Waals surface area contributed by atoms with E-state index in [9.17, 15) is 14.7 Å². The smallest absolute Gasteiger partial charge is 0.326 e. The third kappa shape index (κ3) is 6.19. The molecule has 0 aliphatic heterocycles. The molecule has 2 aliphatic carbocycles. The van der Waals surface area contributed by atoms with Gasteiger partial charge in [-0.1, -0.05) is 67.1 Å². The zero-order valence-electron chi connectivity index (χ0n) is 20.3. The lowest BCUT2D eigenvalue weighted by molar-refractivity contribution is -0.141. The Morgan fingerprint density at radius 2 is 1.91 bits per heavy atom. The molecule has 1 saturated carbocycles. The number of carbonyl (C=O) groups excluding carboxylic acids is 1. The Morgan fingerprint density at radius 1 is 1.11 bits per heavy atom. The van der Waals surface area contributed by atoms with Crippen LogP contribution in [-0.4, -0.2) is 40.8 Å². The predicted molar refractivity (Wildman–Crippen MR) is 138 cm³/mol. The number of fused-ring (bicyclic) bond motifs is 1. The van der Waals surface area contributed by atoms with Crippen LogP contribution >= 0.6 is 0 Å². The van der Waals surface area contributed by atoms with Crippen molar-refractivity contribution in [2.24, 2.45) is 11.8 Å². The zero-order chi connectivity index (χ0) is 24.8. The summed E-state index contributed by atoms with van der Waals surface area (Å²) in [7, 11) is 0. The fourth-order valence-electron chi connectivity index (χ4n) is 5.62. The van der Waals surface area contributed by atoms with Crippen molar-refractivity contribution >= 4 is 22.6 Å². The predicted octanol–water partition coefficient (Wildman–Crippen LogP) is 4.50. The highest BCUT2D eigenvalue weighted by Gasteiger charge is 2.29. The molecule has 4 rings (SSSR count). The summed E-state index contributed by atoms with van der Waals surface area (Å²) < 4.78 is 0. The number of allylic oxidation sites excluding steroid dienone is 2. The number of carbonyl (C=O) groups is 2. The molecular formula is C29H36N2O4. The Bertz CT molecular complexity index is 1100. The van der Waals surface area contributed by atoms with Crippen LogP contribution in [0.1, 0.15) is 57.1 Å². The minimum Gasteiger partial charge on any atom is -0.480 e. The van der Waals surface area contributed by atoms with E-state index < -0.39 is 17.9 Å². The molecule has 35 heavy (non-hydrogen) atoms. The van der Waals surface area contributed by atoms with Crippen molar-refractivity contribution in [3.05, 3.63) is 71.8 Å². The molecule has 1 unspecified atom stereocenters. The highest BCUT2D eigenvalue weighted by atomic mass is 16.4. The van der Waals surface area contributed by atoms with Crippen molar-refractivity contribution < 1.29 is 19.8 Å². The molecular weight excluding hydrogens is 440 g/mol. The Labute approximate surface area is 207 Å². The summed E-state index contributed by atoms with van der Waals surface area (Å²) in [5.41, 5.74) is 1.84. The summed E-state index contributed by atoms with van der Waals surface area (Å²) in [6, 6.07) is 14.7. The molecule has 5 atom stereocenters. The Morgan fingerprint density at radius 3 is 2.66 bits per heavy atom. The monoisotopic (exact) mass is 476 g/mol. The van der Waals surface area contributed by atoms with Crippen LogP contribution in [0.4, 0.5) is 0 Å². The molecule has 6 heteroatoms. The van der Waals surface area contributed by atoms with E-state index in [1.165, 1.54) is 35.6 Å². The maximum absolute atomic E-state index is 12.5. The first-order valence-electron chi connectivity index (χ1n) is 12.7. The van der Waals surface area contributed by atoms with Gasteiger partial charge in [0.25, 0.3) is 5.91 Å². The number of carboxylic acids is 1. The van der Waals surface area contributed by atoms with Crippen molar-refractivity contribution in [1.29, 1.82) is 0 Å². The highest BCUT2D eigenvalue weighted by molar-refractivity contribution is 5.98. The molecule has 1 amide bonds. The number of amides is 1. The summed E-state index contributed by atoms with van der Waals surface area (Å²) in [5, 5.41) is 27.2. The van der Waals surface area contributed by atoms with Crippen LogP contribution in [0.5, 0.6) is 0 Å². The van der Waals surface area contributed by atoms with E-state index >= 15 is 0 Å². The van der Waals surface area contributed by atoms with Crippen molar-refractivity contribution in [1.82, 2.24) is 10.6 Å². The van der Waals surface area contributed by atoms with Gasteiger partial charge >= 0.3 is 5.97 Å². The molecule has 4 N–H and O–H groups in total. The van der Waals surface area contributed by atoms with Crippen LogP contribution in [0, 0.1) is 11.8 Å². The van der Waals surface area contributed by atoms with Gasteiger partial charge < -0.3 is 20.8 Å². The first kappa shape index (κ1) is 25.1. The number of aliphatic carboxylic acids is 1. The van der Waals surface area contributed by atoms with E-state index in [1.807, 2.05) is 12.2 Å². The largest absolute Gasteiger partial charge is 0.480 e. The van der Waals surface area contributed by atoms with Gasteiger partial charge in [0, 0.05) is 30.7 Å². The van der Waals surface area contributed by atoms with E-state index in [2.05, 4.69) is 66.1 Å². The number of aliphatic hydroxyl groups is 1. The van der Waals surface area contributed by atoms with Gasteiger partial charge in [-0.05, 0) is 60.8 Å². The number of benzene rings is 2. The Kier molecular flexibility index (Phi) is 8.37. The Hall–Kier alpha value is -2.96. The van der Waals surface area contributed by atoms with Gasteiger partial charge in [0.1, 0.15) is 6.04 Å². The van der Waals surface area contributed by atoms with E-state index in [-0.39, 0.29) is 19.1 Å². The van der Waals surface area contributed by atoms with Gasteiger partial charge in [-0.25, -0.2) is 4.79 Å². The summed E-state index contributed by atoms with van der Waals surface area (Å²) in [5.74, 6) is -0.590. The lowest BCUT2D eigenvalue weighted by Gasteiger charge is -2.36. The van der Waals surface area contributed by atoms with Crippen molar-refractivity contribution in [3.63, 3.8) is 0 Å². The van der Waals surface area contributed by atoms with Gasteiger partial charge in [0.15, 0.2) is 0 Å². The fraction of sp³-hybridized carbons (Fsp3) is 0.448. The van der Waals surface area contributed by atoms with E-state index in [1.54, 1.807) is 0 Å². The number of hydrogen-bond acceptors (Lipinski definition) is 4. The lowest BCUT2D eigenvalue weighted by Crippen LogP contribution is -2.42. The van der Waals surface area contributed by atoms with Gasteiger partial charge in [-0.3, -0.25) is 4.79 Å². The molecule has 0 spiro atoms. The molecule has 2 aromatic carbocycles. The summed E-state index contributed by atoms with van der Waals surface area (Å²) in [4.78, 5) is 23.7. The molecule has 6 nitrogen and oxygen atoms in total. The van der Waals surface area contributed by atoms with Crippen molar-refractivity contribution in [3.8, 4) is 0 Å². The standard InChI is InChI=1S/C29H36N2O4/c1-19(25-11-5-7-21-6-2-3-10-26(21)25)30-24-9-4-8-23(18-24)20-12-14-22(15-13-20)28(33)31-27(16-17-32)29(34)35/h2-3,5-7,10-12,14-15,19-20,23-24,27,30,32H,4,8-9,13,16-18H2,1H3,(H,31,33)(H,34,35)/t19-,20?,23+,24+,27-/m1/s1. The minimum atomic E-state index is -1.14. The minimum absolute atomic E-state index is 0.00560. The fourth-order valence-corrected chi connectivity index (χ4v) is 5.62.